The number of nitrogens with one attached hydrogen (secondary N) is 2. The summed E-state index contributed by atoms with van der Waals surface area (Å²) in [5.41, 5.74) is -0.0312. The van der Waals surface area contributed by atoms with Crippen LogP contribution in [0.4, 0.5) is 32.5 Å². The number of nitrogens with zero attached hydrogens (tertiary/aromatic N) is 5. The van der Waals surface area contributed by atoms with Crippen molar-refractivity contribution in [1.82, 2.24) is 19.9 Å². The molecular formula is C24H34FN7O4. The van der Waals surface area contributed by atoms with Crippen LogP contribution >= 0.6 is 0 Å². The summed E-state index contributed by atoms with van der Waals surface area (Å²) in [5.74, 6) is 0.267. The number of likely N-dealkylation sites (tertiary alicyclic amines) is 1. The van der Waals surface area contributed by atoms with Gasteiger partial charge in [0.1, 0.15) is 11.3 Å². The van der Waals surface area contributed by atoms with Gasteiger partial charge < -0.3 is 34.6 Å². The van der Waals surface area contributed by atoms with Crippen LogP contribution in [0.1, 0.15) is 33.6 Å². The van der Waals surface area contributed by atoms with Crippen LogP contribution in [-0.2, 0) is 9.47 Å². The molecule has 2 saturated heterocycles. The molecule has 4 heterocycles. The first-order chi connectivity index (χ1) is 17.2. The summed E-state index contributed by atoms with van der Waals surface area (Å²) >= 11 is 0. The number of morpholine rings is 1. The number of amides is 1. The van der Waals surface area contributed by atoms with Crippen LogP contribution in [0.3, 0.4) is 0 Å². The Morgan fingerprint density at radius 3 is 2.72 bits per heavy atom. The van der Waals surface area contributed by atoms with Gasteiger partial charge in [0.15, 0.2) is 11.6 Å². The fourth-order valence-electron chi connectivity index (χ4n) is 4.12. The highest BCUT2D eigenvalue weighted by molar-refractivity contribution is 5.68. The van der Waals surface area contributed by atoms with E-state index in [-0.39, 0.29) is 29.7 Å². The molecule has 0 radical (unpaired) electrons. The summed E-state index contributed by atoms with van der Waals surface area (Å²) in [4.78, 5) is 29.2. The van der Waals surface area contributed by atoms with Crippen LogP contribution in [0.5, 0.6) is 5.88 Å². The minimum atomic E-state index is -0.586. The Kier molecular flexibility index (Phi) is 7.92. The van der Waals surface area contributed by atoms with E-state index in [2.05, 4.69) is 25.6 Å². The fraction of sp³-hybridized carbons (Fsp3) is 0.583. The Morgan fingerprint density at radius 2 is 2.00 bits per heavy atom. The molecule has 36 heavy (non-hydrogen) atoms. The number of anilines is 4. The lowest BCUT2D eigenvalue weighted by Crippen LogP contribution is -2.47. The van der Waals surface area contributed by atoms with Gasteiger partial charge in [0.25, 0.3) is 0 Å². The quantitative estimate of drug-likeness (QED) is 0.608. The second-order valence-corrected chi connectivity index (χ2v) is 9.73. The van der Waals surface area contributed by atoms with Gasteiger partial charge in [-0.3, -0.25) is 0 Å². The molecule has 11 nitrogen and oxygen atoms in total. The highest BCUT2D eigenvalue weighted by Crippen LogP contribution is 2.30. The average molecular weight is 504 g/mol. The summed E-state index contributed by atoms with van der Waals surface area (Å²) in [5, 5.41) is 6.31. The molecule has 0 aliphatic carbocycles. The zero-order valence-electron chi connectivity index (χ0n) is 21.2. The molecule has 0 aromatic carbocycles. The molecule has 4 rings (SSSR count). The number of aromatic nitrogens is 3. The normalized spacial score (nSPS) is 18.5. The van der Waals surface area contributed by atoms with E-state index in [1.54, 1.807) is 23.2 Å². The number of carbonyl (C=O) groups excluding carboxylic acids is 1. The number of pyridine rings is 1. The Hall–Kier alpha value is -3.41. The maximum absolute atomic E-state index is 15.7. The molecule has 2 aliphatic heterocycles. The van der Waals surface area contributed by atoms with Crippen LogP contribution < -0.4 is 20.3 Å². The molecule has 2 N–H and O–H groups in total. The lowest BCUT2D eigenvalue weighted by Gasteiger charge is -2.35. The molecule has 0 bridgehead atoms. The third-order valence-electron chi connectivity index (χ3n) is 5.77. The minimum absolute atomic E-state index is 0.0629. The number of hydrogen-bond donors (Lipinski definition) is 2. The van der Waals surface area contributed by atoms with E-state index >= 15 is 4.39 Å². The highest BCUT2D eigenvalue weighted by atomic mass is 19.1. The smallest absolute Gasteiger partial charge is 0.410 e. The van der Waals surface area contributed by atoms with Gasteiger partial charge in [-0.25, -0.2) is 9.78 Å². The lowest BCUT2D eigenvalue weighted by molar-refractivity contribution is 0.0206. The molecule has 2 aromatic heterocycles. The van der Waals surface area contributed by atoms with E-state index in [1.807, 2.05) is 25.7 Å². The van der Waals surface area contributed by atoms with Crippen molar-refractivity contribution in [3.8, 4) is 5.88 Å². The molecular weight excluding hydrogens is 469 g/mol. The third-order valence-corrected chi connectivity index (χ3v) is 5.77. The largest absolute Gasteiger partial charge is 0.480 e. The highest BCUT2D eigenvalue weighted by Gasteiger charge is 2.29. The van der Waals surface area contributed by atoms with Crippen molar-refractivity contribution in [2.24, 2.45) is 0 Å². The molecule has 2 fully saturated rings. The van der Waals surface area contributed by atoms with E-state index in [9.17, 15) is 4.79 Å². The Labute approximate surface area is 210 Å². The first kappa shape index (κ1) is 25.7. The second-order valence-electron chi connectivity index (χ2n) is 9.73. The van der Waals surface area contributed by atoms with Gasteiger partial charge in [0.05, 0.1) is 20.3 Å². The van der Waals surface area contributed by atoms with Gasteiger partial charge in [0.2, 0.25) is 17.6 Å². The van der Waals surface area contributed by atoms with Crippen molar-refractivity contribution < 1.29 is 23.4 Å². The molecule has 0 spiro atoms. The molecule has 1 amide bonds. The first-order valence-corrected chi connectivity index (χ1v) is 12.1. The van der Waals surface area contributed by atoms with Gasteiger partial charge in [-0.2, -0.15) is 14.4 Å². The van der Waals surface area contributed by atoms with Crippen molar-refractivity contribution >= 4 is 29.4 Å². The van der Waals surface area contributed by atoms with Crippen molar-refractivity contribution in [1.29, 1.82) is 0 Å². The molecule has 12 heteroatoms. The zero-order valence-corrected chi connectivity index (χ0v) is 21.2. The number of piperidine rings is 1. The number of halogens is 1. The van der Waals surface area contributed by atoms with Crippen LogP contribution in [-0.4, -0.2) is 84.1 Å². The monoisotopic (exact) mass is 503 g/mol. The summed E-state index contributed by atoms with van der Waals surface area (Å²) in [6.07, 6.45) is 2.76. The molecule has 2 aliphatic rings. The maximum atomic E-state index is 15.7. The van der Waals surface area contributed by atoms with Crippen LogP contribution in [0.25, 0.3) is 0 Å². The average Bonchev–Trinajstić information content (AvgIpc) is 2.86. The van der Waals surface area contributed by atoms with Crippen LogP contribution in [0.15, 0.2) is 18.3 Å². The topological polar surface area (TPSA) is 114 Å². The van der Waals surface area contributed by atoms with Gasteiger partial charge in [-0.1, -0.05) is 0 Å². The van der Waals surface area contributed by atoms with E-state index in [1.165, 1.54) is 7.11 Å². The molecule has 0 saturated carbocycles. The minimum Gasteiger partial charge on any atom is -0.480 e. The van der Waals surface area contributed by atoms with Gasteiger partial charge >= 0.3 is 6.09 Å². The van der Waals surface area contributed by atoms with Crippen molar-refractivity contribution in [3.63, 3.8) is 0 Å². The second kappa shape index (κ2) is 11.1. The Morgan fingerprint density at radius 1 is 1.22 bits per heavy atom. The number of methoxy groups -OCH3 is 1. The summed E-state index contributed by atoms with van der Waals surface area (Å²) in [6.45, 7) is 8.46. The van der Waals surface area contributed by atoms with Crippen molar-refractivity contribution in [2.45, 2.75) is 45.3 Å². The van der Waals surface area contributed by atoms with E-state index in [4.69, 9.17) is 14.2 Å². The maximum Gasteiger partial charge on any atom is 0.410 e. The predicted molar refractivity (Wildman–Crippen MR) is 134 cm³/mol. The van der Waals surface area contributed by atoms with Gasteiger partial charge in [-0.15, -0.1) is 0 Å². The molecule has 2 aromatic rings. The van der Waals surface area contributed by atoms with Gasteiger partial charge in [-0.05, 0) is 45.7 Å². The molecule has 0 unspecified atom stereocenters. The summed E-state index contributed by atoms with van der Waals surface area (Å²) in [7, 11) is 1.52. The number of carbonyl (C=O) groups is 1. The SMILES string of the molecule is COc1ncccc1Nc1nc(N[C@@H]2CCCN(C(=O)OC(C)(C)C)C2)c(F)c(N2CCOCC2)n1. The van der Waals surface area contributed by atoms with Crippen molar-refractivity contribution in [3.05, 3.63) is 24.1 Å². The number of hydrogen-bond acceptors (Lipinski definition) is 10. The molecule has 1 atom stereocenters. The zero-order chi connectivity index (χ0) is 25.7. The Balaban J connectivity index is 1.59. The summed E-state index contributed by atoms with van der Waals surface area (Å²) < 4.78 is 32.0. The van der Waals surface area contributed by atoms with Crippen molar-refractivity contribution in [2.75, 3.05) is 62.0 Å². The van der Waals surface area contributed by atoms with E-state index in [0.717, 1.165) is 12.8 Å². The standard InChI is InChI=1S/C24H34FN7O4/c1-24(2,3)36-23(33)32-10-6-7-16(15-32)27-19-18(25)20(31-11-13-35-14-12-31)30-22(29-19)28-17-8-5-9-26-21(17)34-4/h5,8-9,16H,6-7,10-15H2,1-4H3,(H2,27,28,29,30)/t16-/m1/s1. The predicted octanol–water partition coefficient (Wildman–Crippen LogP) is 3.41. The van der Waals surface area contributed by atoms with Crippen LogP contribution in [0.2, 0.25) is 0 Å². The fourth-order valence-corrected chi connectivity index (χ4v) is 4.12. The molecule has 196 valence electrons. The number of rotatable bonds is 6. The first-order valence-electron chi connectivity index (χ1n) is 12.1. The summed E-state index contributed by atoms with van der Waals surface area (Å²) in [6, 6.07) is 3.33. The third kappa shape index (κ3) is 6.42. The van der Waals surface area contributed by atoms with E-state index in [0.29, 0.717) is 51.0 Å². The number of ether oxygens (including phenoxy) is 3. The van der Waals surface area contributed by atoms with Crippen LogP contribution in [0, 0.1) is 5.82 Å². The Bertz CT molecular complexity index is 1060. The van der Waals surface area contributed by atoms with E-state index < -0.39 is 11.4 Å². The lowest BCUT2D eigenvalue weighted by atomic mass is 10.1. The van der Waals surface area contributed by atoms with Gasteiger partial charge in [0, 0.05) is 38.4 Å².